The molecule has 2 N–H and O–H groups in total. The van der Waals surface area contributed by atoms with E-state index in [-0.39, 0.29) is 37.0 Å². The van der Waals surface area contributed by atoms with Crippen molar-refractivity contribution in [3.8, 4) is 0 Å². The molecule has 2 fully saturated rings. The van der Waals surface area contributed by atoms with Crippen molar-refractivity contribution in [2.75, 3.05) is 39.5 Å². The molecule has 0 radical (unpaired) electrons. The number of likely N-dealkylation sites (N-methyl/N-ethyl adjacent to an activating group) is 1. The molecule has 174 valence electrons. The third-order valence-electron chi connectivity index (χ3n) is 6.31. The second-order valence-corrected chi connectivity index (χ2v) is 11.1. The largest absolute Gasteiger partial charge is 0.357 e. The van der Waals surface area contributed by atoms with Gasteiger partial charge < -0.3 is 20.1 Å². The Morgan fingerprint density at radius 2 is 2.00 bits per heavy atom. The van der Waals surface area contributed by atoms with Crippen LogP contribution in [0.1, 0.15) is 18.5 Å². The quantitative estimate of drug-likeness (QED) is 0.679. The topological polar surface area (TPSA) is 106 Å². The number of nitrogens with zero attached hydrogens (tertiary/aromatic N) is 3. The van der Waals surface area contributed by atoms with E-state index in [0.717, 1.165) is 35.7 Å². The second kappa shape index (κ2) is 8.92. The van der Waals surface area contributed by atoms with Crippen LogP contribution in [0, 0.1) is 5.92 Å². The molecule has 3 amide bonds. The number of nitrogens with one attached hydrogen (secondary N) is 2. The van der Waals surface area contributed by atoms with Gasteiger partial charge in [-0.15, -0.1) is 0 Å². The number of rotatable bonds is 5. The Morgan fingerprint density at radius 1 is 1.25 bits per heavy atom. The molecule has 4 rings (SSSR count). The van der Waals surface area contributed by atoms with Crippen molar-refractivity contribution in [2.24, 2.45) is 5.92 Å². The zero-order valence-corrected chi connectivity index (χ0v) is 19.7. The smallest absolute Gasteiger partial charge is 0.317 e. The number of sulfonamides is 1. The molecular weight excluding hydrogens is 454 g/mol. The highest BCUT2D eigenvalue weighted by Gasteiger charge is 2.41. The number of halogens is 1. The molecule has 2 aliphatic heterocycles. The average molecular weight is 482 g/mol. The van der Waals surface area contributed by atoms with Gasteiger partial charge in [0, 0.05) is 54.8 Å². The lowest BCUT2D eigenvalue weighted by atomic mass is 9.98. The highest BCUT2D eigenvalue weighted by Crippen LogP contribution is 2.24. The predicted octanol–water partition coefficient (Wildman–Crippen LogP) is 1.85. The molecule has 9 nitrogen and oxygen atoms in total. The van der Waals surface area contributed by atoms with Crippen LogP contribution in [0.4, 0.5) is 4.79 Å². The van der Waals surface area contributed by atoms with Gasteiger partial charge in [-0.05, 0) is 37.1 Å². The number of amides is 3. The van der Waals surface area contributed by atoms with E-state index in [1.165, 1.54) is 4.31 Å². The van der Waals surface area contributed by atoms with Gasteiger partial charge in [0.2, 0.25) is 15.9 Å². The number of H-pyrrole nitrogens is 1. The van der Waals surface area contributed by atoms with Crippen molar-refractivity contribution in [1.29, 1.82) is 0 Å². The van der Waals surface area contributed by atoms with Gasteiger partial charge in [0.1, 0.15) is 0 Å². The number of carbonyl (C=O) groups excluding carboxylic acids is 2. The Hall–Kier alpha value is -2.30. The lowest BCUT2D eigenvalue weighted by Crippen LogP contribution is -2.59. The molecule has 1 atom stereocenters. The van der Waals surface area contributed by atoms with Crippen LogP contribution >= 0.6 is 11.6 Å². The third-order valence-corrected chi connectivity index (χ3v) is 7.78. The van der Waals surface area contributed by atoms with Crippen LogP contribution in [0.2, 0.25) is 5.02 Å². The first kappa shape index (κ1) is 22.9. The number of carbonyl (C=O) groups is 2. The van der Waals surface area contributed by atoms with E-state index in [2.05, 4.69) is 10.3 Å². The maximum Gasteiger partial charge on any atom is 0.317 e. The summed E-state index contributed by atoms with van der Waals surface area (Å²) in [7, 11) is -1.50. The van der Waals surface area contributed by atoms with Crippen LogP contribution in [-0.4, -0.2) is 85.0 Å². The highest BCUT2D eigenvalue weighted by molar-refractivity contribution is 7.88. The Balaban J connectivity index is 1.29. The number of aromatic amines is 1. The third kappa shape index (κ3) is 4.87. The lowest BCUT2D eigenvalue weighted by molar-refractivity contribution is -0.140. The highest BCUT2D eigenvalue weighted by atomic mass is 35.5. The van der Waals surface area contributed by atoms with E-state index in [1.54, 1.807) is 16.8 Å². The van der Waals surface area contributed by atoms with Crippen molar-refractivity contribution >= 4 is 44.5 Å². The summed E-state index contributed by atoms with van der Waals surface area (Å²) in [4.78, 5) is 32.2. The van der Waals surface area contributed by atoms with Crippen LogP contribution < -0.4 is 5.32 Å². The fourth-order valence-corrected chi connectivity index (χ4v) is 5.40. The van der Waals surface area contributed by atoms with Crippen LogP contribution in [0.15, 0.2) is 24.3 Å². The van der Waals surface area contributed by atoms with E-state index in [0.29, 0.717) is 24.7 Å². The van der Waals surface area contributed by atoms with Crippen molar-refractivity contribution in [1.82, 2.24) is 24.4 Å². The van der Waals surface area contributed by atoms with Crippen LogP contribution in [0.25, 0.3) is 10.9 Å². The average Bonchev–Trinajstić information content (AvgIpc) is 3.11. The molecule has 2 saturated heterocycles. The van der Waals surface area contributed by atoms with Crippen LogP contribution in [0.5, 0.6) is 0 Å². The van der Waals surface area contributed by atoms with Gasteiger partial charge >= 0.3 is 6.03 Å². The molecule has 32 heavy (non-hydrogen) atoms. The Kier molecular flexibility index (Phi) is 6.37. The van der Waals surface area contributed by atoms with E-state index in [9.17, 15) is 18.0 Å². The first-order valence-electron chi connectivity index (χ1n) is 10.6. The molecule has 1 aromatic carbocycles. The first-order valence-corrected chi connectivity index (χ1v) is 12.9. The number of likely N-dealkylation sites (tertiary alicyclic amines) is 1. The maximum atomic E-state index is 12.8. The monoisotopic (exact) mass is 481 g/mol. The van der Waals surface area contributed by atoms with Gasteiger partial charge in [-0.2, -0.15) is 0 Å². The van der Waals surface area contributed by atoms with E-state index < -0.39 is 10.0 Å². The SMILES string of the molecule is CN(C(=O)NCc1cc2cc(Cl)ccc2[nH]1)C1CCCN(C(=O)C2CN(S(C)(=O)=O)C2)C1. The van der Waals surface area contributed by atoms with E-state index >= 15 is 0 Å². The molecule has 11 heteroatoms. The number of benzene rings is 1. The number of fused-ring (bicyclic) bond motifs is 1. The molecule has 1 aromatic heterocycles. The Labute approximate surface area is 192 Å². The number of aromatic nitrogens is 1. The van der Waals surface area contributed by atoms with Crippen molar-refractivity contribution < 1.29 is 18.0 Å². The van der Waals surface area contributed by atoms with E-state index in [1.807, 2.05) is 24.3 Å². The second-order valence-electron chi connectivity index (χ2n) is 8.65. The fourth-order valence-electron chi connectivity index (χ4n) is 4.31. The molecule has 0 saturated carbocycles. The van der Waals surface area contributed by atoms with Crippen molar-refractivity contribution in [3.05, 3.63) is 35.0 Å². The minimum Gasteiger partial charge on any atom is -0.357 e. The van der Waals surface area contributed by atoms with Gasteiger partial charge in [-0.3, -0.25) is 4.79 Å². The molecule has 2 aliphatic rings. The molecule has 2 aromatic rings. The summed E-state index contributed by atoms with van der Waals surface area (Å²) in [6.45, 7) is 1.94. The summed E-state index contributed by atoms with van der Waals surface area (Å²) in [5, 5.41) is 4.58. The van der Waals surface area contributed by atoms with Gasteiger partial charge in [0.15, 0.2) is 0 Å². The number of hydrogen-bond donors (Lipinski definition) is 2. The summed E-state index contributed by atoms with van der Waals surface area (Å²) >= 11 is 6.03. The molecular formula is C21H28ClN5O4S. The zero-order valence-electron chi connectivity index (χ0n) is 18.2. The fraction of sp³-hybridized carbons (Fsp3) is 0.524. The minimum absolute atomic E-state index is 0.0276. The summed E-state index contributed by atoms with van der Waals surface area (Å²) in [5.74, 6) is -0.321. The van der Waals surface area contributed by atoms with Crippen LogP contribution in [0.3, 0.4) is 0 Å². The van der Waals surface area contributed by atoms with Gasteiger partial charge in [0.25, 0.3) is 0 Å². The molecule has 0 bridgehead atoms. The standard InChI is InChI=1S/C21H28ClN5O4S/c1-25(21(29)23-10-17-9-14-8-16(22)5-6-19(14)24-17)18-4-3-7-26(13-18)20(28)15-11-27(12-15)32(2,30)31/h5-6,8-9,15,18,24H,3-4,7,10-13H2,1-2H3,(H,23,29). The maximum absolute atomic E-state index is 12.8. The van der Waals surface area contributed by atoms with E-state index in [4.69, 9.17) is 11.6 Å². The number of urea groups is 1. The summed E-state index contributed by atoms with van der Waals surface area (Å²) in [6.07, 6.45) is 2.78. The molecule has 0 aliphatic carbocycles. The van der Waals surface area contributed by atoms with Crippen molar-refractivity contribution in [2.45, 2.75) is 25.4 Å². The Morgan fingerprint density at radius 3 is 2.72 bits per heavy atom. The summed E-state index contributed by atoms with van der Waals surface area (Å²) < 4.78 is 24.4. The summed E-state index contributed by atoms with van der Waals surface area (Å²) in [5.41, 5.74) is 1.84. The summed E-state index contributed by atoms with van der Waals surface area (Å²) in [6, 6.07) is 7.26. The number of hydrogen-bond acceptors (Lipinski definition) is 4. The van der Waals surface area contributed by atoms with Crippen molar-refractivity contribution in [3.63, 3.8) is 0 Å². The van der Waals surface area contributed by atoms with Gasteiger partial charge in [-0.25, -0.2) is 17.5 Å². The van der Waals surface area contributed by atoms with Gasteiger partial charge in [-0.1, -0.05) is 11.6 Å². The molecule has 0 spiro atoms. The van der Waals surface area contributed by atoms with Crippen LogP contribution in [-0.2, 0) is 21.4 Å². The van der Waals surface area contributed by atoms with Gasteiger partial charge in [0.05, 0.1) is 24.8 Å². The zero-order chi connectivity index (χ0) is 23.0. The molecule has 1 unspecified atom stereocenters. The molecule has 3 heterocycles. The number of piperidine rings is 1. The minimum atomic E-state index is -3.25. The normalized spacial score (nSPS) is 20.2. The lowest BCUT2D eigenvalue weighted by Gasteiger charge is -2.42. The Bertz CT molecular complexity index is 1130. The predicted molar refractivity (Wildman–Crippen MR) is 123 cm³/mol. The first-order chi connectivity index (χ1) is 15.1.